The fourth-order valence-corrected chi connectivity index (χ4v) is 4.58. The second-order valence-electron chi connectivity index (χ2n) is 8.55. The maximum atomic E-state index is 14.6. The van der Waals surface area contributed by atoms with Crippen LogP contribution >= 0.6 is 11.8 Å². The van der Waals surface area contributed by atoms with Crippen molar-refractivity contribution in [3.8, 4) is 0 Å². The van der Waals surface area contributed by atoms with Gasteiger partial charge in [-0.15, -0.1) is 11.8 Å². The molecule has 3 aromatic carbocycles. The summed E-state index contributed by atoms with van der Waals surface area (Å²) in [6.07, 6.45) is 1.38. The van der Waals surface area contributed by atoms with E-state index in [0.717, 1.165) is 16.9 Å². The first-order chi connectivity index (χ1) is 17.0. The molecular weight excluding hydrogens is 459 g/mol. The molecule has 184 valence electrons. The minimum Gasteiger partial charge on any atom is -0.352 e. The van der Waals surface area contributed by atoms with Gasteiger partial charge in [-0.1, -0.05) is 73.7 Å². The lowest BCUT2D eigenvalue weighted by Crippen LogP contribution is -2.52. The summed E-state index contributed by atoms with van der Waals surface area (Å²) >= 11 is 1.59. The van der Waals surface area contributed by atoms with E-state index >= 15 is 0 Å². The predicted molar refractivity (Wildman–Crippen MR) is 141 cm³/mol. The van der Waals surface area contributed by atoms with E-state index < -0.39 is 6.04 Å². The monoisotopic (exact) mass is 492 g/mol. The van der Waals surface area contributed by atoms with Crippen LogP contribution in [-0.2, 0) is 22.6 Å². The van der Waals surface area contributed by atoms with Crippen molar-refractivity contribution in [1.82, 2.24) is 10.2 Å². The average molecular weight is 493 g/mol. The van der Waals surface area contributed by atoms with Gasteiger partial charge < -0.3 is 10.2 Å². The number of halogens is 1. The molecule has 0 aromatic heterocycles. The molecule has 0 aliphatic heterocycles. The summed E-state index contributed by atoms with van der Waals surface area (Å²) in [7, 11) is 0. The highest BCUT2D eigenvalue weighted by Gasteiger charge is 2.31. The first kappa shape index (κ1) is 26.5. The van der Waals surface area contributed by atoms with E-state index in [1.807, 2.05) is 74.5 Å². The molecule has 2 atom stereocenters. The molecule has 3 aromatic rings. The largest absolute Gasteiger partial charge is 0.352 e. The predicted octanol–water partition coefficient (Wildman–Crippen LogP) is 5.86. The molecule has 1 N–H and O–H groups in total. The zero-order chi connectivity index (χ0) is 25.0. The molecule has 0 aliphatic rings. The van der Waals surface area contributed by atoms with Gasteiger partial charge in [0.2, 0.25) is 11.8 Å². The maximum absolute atomic E-state index is 14.6. The van der Waals surface area contributed by atoms with Crippen LogP contribution in [0.4, 0.5) is 4.39 Å². The van der Waals surface area contributed by atoms with Crippen LogP contribution in [0.1, 0.15) is 37.8 Å². The van der Waals surface area contributed by atoms with Crippen LogP contribution in [0.15, 0.2) is 89.8 Å². The van der Waals surface area contributed by atoms with Crippen molar-refractivity contribution in [3.63, 3.8) is 0 Å². The molecule has 6 heteroatoms. The minimum atomic E-state index is -0.750. The standard InChI is InChI=1S/C29H33FN2O2S/c1-3-22(2)31-29(34)27(20-23-12-6-4-7-13-23)32(21-24-14-10-11-17-26(24)30)28(33)18-19-35-25-15-8-5-9-16-25/h4-17,22,27H,3,18-21H2,1-2H3,(H,31,34)/t22-,27+/m1/s1. The fraction of sp³-hybridized carbons (Fsp3) is 0.310. The fourth-order valence-electron chi connectivity index (χ4n) is 3.72. The normalized spacial score (nSPS) is 12.5. The Morgan fingerprint density at radius 2 is 1.57 bits per heavy atom. The van der Waals surface area contributed by atoms with Crippen molar-refractivity contribution in [1.29, 1.82) is 0 Å². The lowest BCUT2D eigenvalue weighted by Gasteiger charge is -2.32. The molecular formula is C29H33FN2O2S. The Bertz CT molecular complexity index is 1080. The van der Waals surface area contributed by atoms with Crippen LogP contribution in [0.5, 0.6) is 0 Å². The number of amides is 2. The second kappa shape index (κ2) is 13.7. The minimum absolute atomic E-state index is 0.0279. The maximum Gasteiger partial charge on any atom is 0.243 e. The van der Waals surface area contributed by atoms with Crippen LogP contribution in [0.2, 0.25) is 0 Å². The molecule has 2 amide bonds. The van der Waals surface area contributed by atoms with Gasteiger partial charge in [0.15, 0.2) is 0 Å². The Morgan fingerprint density at radius 1 is 0.943 bits per heavy atom. The van der Waals surface area contributed by atoms with Crippen molar-refractivity contribution in [2.75, 3.05) is 5.75 Å². The van der Waals surface area contributed by atoms with Crippen LogP contribution in [0, 0.1) is 5.82 Å². The first-order valence-electron chi connectivity index (χ1n) is 12.0. The van der Waals surface area contributed by atoms with E-state index in [1.54, 1.807) is 34.9 Å². The number of hydrogen-bond acceptors (Lipinski definition) is 3. The molecule has 0 spiro atoms. The van der Waals surface area contributed by atoms with Gasteiger partial charge in [-0.25, -0.2) is 4.39 Å². The van der Waals surface area contributed by atoms with Gasteiger partial charge >= 0.3 is 0 Å². The molecule has 0 heterocycles. The highest BCUT2D eigenvalue weighted by Crippen LogP contribution is 2.21. The summed E-state index contributed by atoms with van der Waals surface area (Å²) in [4.78, 5) is 29.6. The Hall–Kier alpha value is -3.12. The molecule has 0 aliphatic carbocycles. The molecule has 0 saturated carbocycles. The van der Waals surface area contributed by atoms with Gasteiger partial charge in [-0.05, 0) is 37.1 Å². The Morgan fingerprint density at radius 3 is 2.23 bits per heavy atom. The van der Waals surface area contributed by atoms with Gasteiger partial charge in [-0.2, -0.15) is 0 Å². The number of thioether (sulfide) groups is 1. The third-order valence-electron chi connectivity index (χ3n) is 5.90. The average Bonchev–Trinajstić information content (AvgIpc) is 2.88. The summed E-state index contributed by atoms with van der Waals surface area (Å²) in [5.41, 5.74) is 1.34. The number of hydrogen-bond donors (Lipinski definition) is 1. The van der Waals surface area contributed by atoms with E-state index in [-0.39, 0.29) is 36.6 Å². The van der Waals surface area contributed by atoms with Crippen molar-refractivity contribution in [3.05, 3.63) is 102 Å². The zero-order valence-electron chi connectivity index (χ0n) is 20.3. The molecule has 0 saturated heterocycles. The Labute approximate surface area is 211 Å². The van der Waals surface area contributed by atoms with Crippen LogP contribution in [-0.4, -0.2) is 34.6 Å². The number of carbonyl (C=O) groups excluding carboxylic acids is 2. The third kappa shape index (κ3) is 8.25. The number of rotatable bonds is 12. The molecule has 3 rings (SSSR count). The molecule has 0 fully saturated rings. The summed E-state index contributed by atoms with van der Waals surface area (Å²) in [5, 5.41) is 3.04. The molecule has 0 unspecified atom stereocenters. The summed E-state index contributed by atoms with van der Waals surface area (Å²) in [6.45, 7) is 3.98. The Kier molecular flexibility index (Phi) is 10.4. The van der Waals surface area contributed by atoms with E-state index in [4.69, 9.17) is 0 Å². The third-order valence-corrected chi connectivity index (χ3v) is 6.91. The van der Waals surface area contributed by atoms with E-state index in [0.29, 0.717) is 17.7 Å². The molecule has 0 bridgehead atoms. The highest BCUT2D eigenvalue weighted by molar-refractivity contribution is 7.99. The van der Waals surface area contributed by atoms with Gasteiger partial charge in [0.05, 0.1) is 0 Å². The lowest BCUT2D eigenvalue weighted by atomic mass is 10.0. The van der Waals surface area contributed by atoms with Crippen molar-refractivity contribution in [2.24, 2.45) is 0 Å². The number of carbonyl (C=O) groups is 2. The molecule has 0 radical (unpaired) electrons. The van der Waals surface area contributed by atoms with E-state index in [1.165, 1.54) is 6.07 Å². The lowest BCUT2D eigenvalue weighted by molar-refractivity contribution is -0.141. The smallest absolute Gasteiger partial charge is 0.243 e. The number of nitrogens with zero attached hydrogens (tertiary/aromatic N) is 1. The SMILES string of the molecule is CC[C@@H](C)NC(=O)[C@H](Cc1ccccc1)N(Cc1ccccc1F)C(=O)CCSc1ccccc1. The topological polar surface area (TPSA) is 49.4 Å². The van der Waals surface area contributed by atoms with Gasteiger partial charge in [0.25, 0.3) is 0 Å². The first-order valence-corrected chi connectivity index (χ1v) is 13.0. The van der Waals surface area contributed by atoms with Crippen molar-refractivity contribution in [2.45, 2.75) is 56.6 Å². The Balaban J connectivity index is 1.87. The number of benzene rings is 3. The zero-order valence-corrected chi connectivity index (χ0v) is 21.1. The molecule has 4 nitrogen and oxygen atoms in total. The summed E-state index contributed by atoms with van der Waals surface area (Å²) in [5.74, 6) is -0.202. The van der Waals surface area contributed by atoms with Crippen LogP contribution in [0.25, 0.3) is 0 Å². The quantitative estimate of drug-likeness (QED) is 0.322. The van der Waals surface area contributed by atoms with E-state index in [9.17, 15) is 14.0 Å². The van der Waals surface area contributed by atoms with E-state index in [2.05, 4.69) is 5.32 Å². The summed E-state index contributed by atoms with van der Waals surface area (Å²) < 4.78 is 14.6. The highest BCUT2D eigenvalue weighted by atomic mass is 32.2. The second-order valence-corrected chi connectivity index (χ2v) is 9.72. The van der Waals surface area contributed by atoms with Crippen LogP contribution < -0.4 is 5.32 Å². The number of nitrogens with one attached hydrogen (secondary N) is 1. The van der Waals surface area contributed by atoms with Crippen molar-refractivity contribution >= 4 is 23.6 Å². The van der Waals surface area contributed by atoms with Gasteiger partial charge in [0.1, 0.15) is 11.9 Å². The van der Waals surface area contributed by atoms with Gasteiger partial charge in [0, 0.05) is 41.6 Å². The summed E-state index contributed by atoms with van der Waals surface area (Å²) in [6, 6.07) is 25.2. The van der Waals surface area contributed by atoms with Crippen molar-refractivity contribution < 1.29 is 14.0 Å². The van der Waals surface area contributed by atoms with Crippen LogP contribution in [0.3, 0.4) is 0 Å². The van der Waals surface area contributed by atoms with Gasteiger partial charge in [-0.3, -0.25) is 9.59 Å². The molecule has 35 heavy (non-hydrogen) atoms.